The average molecular weight is 686 g/mol. The number of anilines is 1. The first kappa shape index (κ1) is 33.2. The van der Waals surface area contributed by atoms with Crippen LogP contribution in [0.1, 0.15) is 49.0 Å². The number of hydrogen-bond acceptors (Lipinski definition) is 4. The second-order valence-electron chi connectivity index (χ2n) is 11.1. The Morgan fingerprint density at radius 3 is 2.29 bits per heavy atom. The molecule has 1 aliphatic carbocycles. The number of carbonyl (C=O) groups is 1. The third-order valence-electron chi connectivity index (χ3n) is 7.81. The molecule has 1 aliphatic heterocycles. The summed E-state index contributed by atoms with van der Waals surface area (Å²) in [5, 5.41) is -0.183. The van der Waals surface area contributed by atoms with E-state index in [9.17, 15) is 26.4 Å². The fourth-order valence-electron chi connectivity index (χ4n) is 5.66. The molecule has 3 aromatic carbocycles. The summed E-state index contributed by atoms with van der Waals surface area (Å²) < 4.78 is 92.8. The number of ether oxygens (including phenoxy) is 1. The molecule has 0 radical (unpaired) electrons. The van der Waals surface area contributed by atoms with Crippen LogP contribution in [0.5, 0.6) is 0 Å². The van der Waals surface area contributed by atoms with Crippen LogP contribution in [0.15, 0.2) is 85.5 Å². The standard InChI is InChI=1S/C32H30Cl2F4N2O4S/c1-2-6-28-31(41)40(29(20-11-13-22(33)14-12-20)30(44-28)21-7-5-8-23(34)17-21)24(18-32(36,37)38)19-39(45(42,43)25-15-16-25)27-10-4-3-9-26(27)35/h2-5,7-14,17,24-25,28-30H,1,6,15-16,18-19H2. The van der Waals surface area contributed by atoms with Crippen molar-refractivity contribution >= 4 is 44.8 Å². The molecule has 4 atom stereocenters. The predicted molar refractivity (Wildman–Crippen MR) is 165 cm³/mol. The van der Waals surface area contributed by atoms with Gasteiger partial charge in [0.1, 0.15) is 18.0 Å². The average Bonchev–Trinajstić information content (AvgIpc) is 3.83. The molecular weight excluding hydrogens is 655 g/mol. The molecule has 1 amide bonds. The van der Waals surface area contributed by atoms with Gasteiger partial charge in [-0.2, -0.15) is 13.2 Å². The Bertz CT molecular complexity index is 1650. The number of carbonyl (C=O) groups excluding carboxylic acids is 1. The van der Waals surface area contributed by atoms with Crippen LogP contribution in [-0.4, -0.2) is 49.3 Å². The first-order chi connectivity index (χ1) is 21.3. The lowest BCUT2D eigenvalue weighted by molar-refractivity contribution is -0.189. The van der Waals surface area contributed by atoms with Crippen LogP contribution in [0.25, 0.3) is 0 Å². The smallest absolute Gasteiger partial charge is 0.358 e. The molecule has 3 aromatic rings. The molecule has 13 heteroatoms. The fraction of sp³-hybridized carbons (Fsp3) is 0.344. The van der Waals surface area contributed by atoms with E-state index in [2.05, 4.69) is 6.58 Å². The second kappa shape index (κ2) is 13.3. The molecule has 1 saturated heterocycles. The van der Waals surface area contributed by atoms with E-state index in [1.54, 1.807) is 36.4 Å². The zero-order valence-electron chi connectivity index (χ0n) is 23.8. The Kier molecular flexibility index (Phi) is 9.84. The number of hydrogen-bond donors (Lipinski definition) is 0. The summed E-state index contributed by atoms with van der Waals surface area (Å²) in [4.78, 5) is 15.3. The minimum Gasteiger partial charge on any atom is -0.358 e. The van der Waals surface area contributed by atoms with Crippen LogP contribution in [0.3, 0.4) is 0 Å². The number of nitrogens with zero attached hydrogens (tertiary/aromatic N) is 2. The monoisotopic (exact) mass is 684 g/mol. The molecule has 4 unspecified atom stereocenters. The second-order valence-corrected chi connectivity index (χ2v) is 14.1. The van der Waals surface area contributed by atoms with Gasteiger partial charge < -0.3 is 9.64 Å². The zero-order chi connectivity index (χ0) is 32.5. The van der Waals surface area contributed by atoms with Gasteiger partial charge in [0.2, 0.25) is 10.0 Å². The summed E-state index contributed by atoms with van der Waals surface area (Å²) in [6, 6.07) is 14.8. The topological polar surface area (TPSA) is 66.9 Å². The Hall–Kier alpha value is -3.12. The minimum absolute atomic E-state index is 0.0319. The largest absolute Gasteiger partial charge is 0.391 e. The predicted octanol–water partition coefficient (Wildman–Crippen LogP) is 8.04. The van der Waals surface area contributed by atoms with E-state index < -0.39 is 76.1 Å². The van der Waals surface area contributed by atoms with Gasteiger partial charge in [-0.05, 0) is 60.4 Å². The number of para-hydroxylation sites is 1. The summed E-state index contributed by atoms with van der Waals surface area (Å²) in [6.45, 7) is 2.83. The van der Waals surface area contributed by atoms with Crippen molar-refractivity contribution in [2.45, 2.75) is 61.4 Å². The van der Waals surface area contributed by atoms with Gasteiger partial charge in [-0.25, -0.2) is 12.8 Å². The van der Waals surface area contributed by atoms with E-state index >= 15 is 4.39 Å². The van der Waals surface area contributed by atoms with Crippen molar-refractivity contribution in [2.75, 3.05) is 10.8 Å². The van der Waals surface area contributed by atoms with E-state index in [4.69, 9.17) is 27.9 Å². The Morgan fingerprint density at radius 2 is 1.69 bits per heavy atom. The third kappa shape index (κ3) is 7.48. The summed E-state index contributed by atoms with van der Waals surface area (Å²) in [6.07, 6.45) is -6.71. The first-order valence-corrected chi connectivity index (χ1v) is 16.5. The maximum absolute atomic E-state index is 15.2. The van der Waals surface area contributed by atoms with Gasteiger partial charge in [0.15, 0.2) is 0 Å². The molecule has 45 heavy (non-hydrogen) atoms. The number of rotatable bonds is 11. The van der Waals surface area contributed by atoms with Crippen LogP contribution in [-0.2, 0) is 19.6 Å². The normalized spacial score (nSPS) is 21.4. The van der Waals surface area contributed by atoms with Crippen molar-refractivity contribution in [1.29, 1.82) is 0 Å². The van der Waals surface area contributed by atoms with Crippen LogP contribution in [0, 0.1) is 5.82 Å². The highest BCUT2D eigenvalue weighted by molar-refractivity contribution is 7.93. The maximum atomic E-state index is 15.2. The fourth-order valence-corrected chi connectivity index (χ4v) is 7.88. The van der Waals surface area contributed by atoms with Crippen molar-refractivity contribution in [3.8, 4) is 0 Å². The van der Waals surface area contributed by atoms with Gasteiger partial charge in [0, 0.05) is 16.5 Å². The number of halogens is 6. The van der Waals surface area contributed by atoms with E-state index in [1.807, 2.05) is 0 Å². The number of amides is 1. The molecule has 1 saturated carbocycles. The third-order valence-corrected chi connectivity index (χ3v) is 10.6. The molecule has 2 fully saturated rings. The van der Waals surface area contributed by atoms with Gasteiger partial charge in [0.05, 0.1) is 36.0 Å². The summed E-state index contributed by atoms with van der Waals surface area (Å²) in [5.41, 5.74) is 0.482. The zero-order valence-corrected chi connectivity index (χ0v) is 26.2. The molecule has 6 nitrogen and oxygen atoms in total. The Labute approximate surface area is 269 Å². The van der Waals surface area contributed by atoms with Crippen LogP contribution in [0.2, 0.25) is 10.0 Å². The van der Waals surface area contributed by atoms with E-state index in [-0.39, 0.29) is 6.42 Å². The molecule has 0 N–H and O–H groups in total. The number of sulfonamides is 1. The van der Waals surface area contributed by atoms with Gasteiger partial charge >= 0.3 is 6.18 Å². The Morgan fingerprint density at radius 1 is 1.00 bits per heavy atom. The Balaban J connectivity index is 1.71. The lowest BCUT2D eigenvalue weighted by atomic mass is 9.89. The van der Waals surface area contributed by atoms with Crippen LogP contribution >= 0.6 is 23.2 Å². The summed E-state index contributed by atoms with van der Waals surface area (Å²) in [5.74, 6) is -1.71. The SMILES string of the molecule is C=CCC1OC(c2cccc(Cl)c2)C(c2ccc(Cl)cc2)N(C(CN(c2ccccc2F)S(=O)(=O)C2CC2)CC(F)(F)F)C1=O. The van der Waals surface area contributed by atoms with E-state index in [1.165, 1.54) is 36.4 Å². The van der Waals surface area contributed by atoms with E-state index in [0.29, 0.717) is 38.3 Å². The van der Waals surface area contributed by atoms with Gasteiger partial charge in [-0.3, -0.25) is 9.10 Å². The van der Waals surface area contributed by atoms with Crippen LogP contribution in [0.4, 0.5) is 23.2 Å². The molecule has 5 rings (SSSR count). The quantitative estimate of drug-likeness (QED) is 0.152. The molecule has 0 aromatic heterocycles. The molecule has 240 valence electrons. The minimum atomic E-state index is -4.84. The molecule has 0 spiro atoms. The van der Waals surface area contributed by atoms with Gasteiger partial charge in [0.25, 0.3) is 5.91 Å². The van der Waals surface area contributed by atoms with Crippen molar-refractivity contribution in [2.24, 2.45) is 0 Å². The van der Waals surface area contributed by atoms with Crippen molar-refractivity contribution < 1.29 is 35.5 Å². The van der Waals surface area contributed by atoms with Crippen molar-refractivity contribution in [1.82, 2.24) is 4.90 Å². The first-order valence-electron chi connectivity index (χ1n) is 14.2. The number of morpholine rings is 1. The molecule has 1 heterocycles. The highest BCUT2D eigenvalue weighted by Crippen LogP contribution is 2.46. The molecular formula is C32H30Cl2F4N2O4S. The van der Waals surface area contributed by atoms with Crippen molar-refractivity contribution in [3.63, 3.8) is 0 Å². The van der Waals surface area contributed by atoms with Gasteiger partial charge in [-0.1, -0.05) is 65.7 Å². The van der Waals surface area contributed by atoms with Gasteiger partial charge in [-0.15, -0.1) is 6.58 Å². The maximum Gasteiger partial charge on any atom is 0.391 e. The highest BCUT2D eigenvalue weighted by Gasteiger charge is 2.51. The van der Waals surface area contributed by atoms with E-state index in [0.717, 1.165) is 11.0 Å². The number of benzene rings is 3. The van der Waals surface area contributed by atoms with Crippen molar-refractivity contribution in [3.05, 3.63) is 112 Å². The molecule has 0 bridgehead atoms. The highest BCUT2D eigenvalue weighted by atomic mass is 35.5. The molecule has 2 aliphatic rings. The lowest BCUT2D eigenvalue weighted by Crippen LogP contribution is -2.58. The number of alkyl halides is 3. The lowest BCUT2D eigenvalue weighted by Gasteiger charge is -2.49. The van der Waals surface area contributed by atoms with Crippen LogP contribution < -0.4 is 4.31 Å². The summed E-state index contributed by atoms with van der Waals surface area (Å²) in [7, 11) is -4.29. The summed E-state index contributed by atoms with van der Waals surface area (Å²) >= 11 is 12.4.